The van der Waals surface area contributed by atoms with Crippen LogP contribution in [0.15, 0.2) is 24.8 Å². The molecule has 0 aromatic carbocycles. The minimum atomic E-state index is 0.797. The topological polar surface area (TPSA) is 93.5 Å². The maximum Gasteiger partial charge on any atom is 0.120 e. The first-order valence-electron chi connectivity index (χ1n) is 7.54. The Morgan fingerprint density at radius 1 is 0.714 bits per heavy atom. The summed E-state index contributed by atoms with van der Waals surface area (Å²) in [5, 5.41) is 10.1. The second-order valence-electron chi connectivity index (χ2n) is 4.88. The van der Waals surface area contributed by atoms with Crippen molar-refractivity contribution >= 4 is 0 Å². The molecule has 5 N–H and O–H groups in total. The van der Waals surface area contributed by atoms with E-state index in [0.717, 1.165) is 50.9 Å². The number of unbranched alkanes of at least 4 members (excludes halogenated alkanes) is 1. The average molecular weight is 291 g/mol. The van der Waals surface area contributed by atoms with Crippen LogP contribution in [-0.4, -0.2) is 46.1 Å². The van der Waals surface area contributed by atoms with E-state index in [4.69, 9.17) is 0 Å². The number of hydrogen-bond acceptors (Lipinski definition) is 5. The summed E-state index contributed by atoms with van der Waals surface area (Å²) >= 11 is 0. The van der Waals surface area contributed by atoms with Crippen molar-refractivity contribution in [2.75, 3.05) is 26.2 Å². The van der Waals surface area contributed by atoms with Crippen molar-refractivity contribution < 1.29 is 0 Å². The summed E-state index contributed by atoms with van der Waals surface area (Å²) in [6.07, 6.45) is 9.60. The van der Waals surface area contributed by atoms with Crippen LogP contribution in [0, 0.1) is 0 Å². The van der Waals surface area contributed by atoms with Crippen molar-refractivity contribution in [3.63, 3.8) is 0 Å². The lowest BCUT2D eigenvalue weighted by Crippen LogP contribution is -2.28. The van der Waals surface area contributed by atoms with Gasteiger partial charge in [0.05, 0.1) is 13.1 Å². The van der Waals surface area contributed by atoms with E-state index in [1.54, 1.807) is 12.4 Å². The Hall–Kier alpha value is -1.70. The van der Waals surface area contributed by atoms with Crippen LogP contribution in [0.4, 0.5) is 0 Å². The molecule has 2 aromatic heterocycles. The number of aromatic nitrogens is 4. The summed E-state index contributed by atoms with van der Waals surface area (Å²) < 4.78 is 0. The van der Waals surface area contributed by atoms with Crippen molar-refractivity contribution in [1.29, 1.82) is 0 Å². The van der Waals surface area contributed by atoms with Gasteiger partial charge in [-0.25, -0.2) is 9.97 Å². The summed E-state index contributed by atoms with van der Waals surface area (Å²) in [6, 6.07) is 0. The molecule has 0 radical (unpaired) electrons. The lowest BCUT2D eigenvalue weighted by atomic mass is 10.3. The number of hydrogen-bond donors (Lipinski definition) is 5. The fourth-order valence-corrected chi connectivity index (χ4v) is 2.00. The Labute approximate surface area is 125 Å². The lowest BCUT2D eigenvalue weighted by molar-refractivity contribution is 0.558. The van der Waals surface area contributed by atoms with Gasteiger partial charge in [-0.05, 0) is 25.9 Å². The van der Waals surface area contributed by atoms with Gasteiger partial charge >= 0.3 is 0 Å². The number of imidazole rings is 2. The Morgan fingerprint density at radius 3 is 1.81 bits per heavy atom. The van der Waals surface area contributed by atoms with Crippen LogP contribution in [0.1, 0.15) is 24.5 Å². The molecule has 0 aliphatic carbocycles. The molecule has 7 heteroatoms. The van der Waals surface area contributed by atoms with E-state index >= 15 is 0 Å². The smallest absolute Gasteiger partial charge is 0.120 e. The number of aromatic amines is 2. The van der Waals surface area contributed by atoms with E-state index in [9.17, 15) is 0 Å². The van der Waals surface area contributed by atoms with Gasteiger partial charge in [-0.2, -0.15) is 0 Å². The van der Waals surface area contributed by atoms with Crippen LogP contribution >= 0.6 is 0 Å². The van der Waals surface area contributed by atoms with Gasteiger partial charge in [0.15, 0.2) is 0 Å². The predicted octanol–water partition coefficient (Wildman–Crippen LogP) is 0.382. The highest BCUT2D eigenvalue weighted by molar-refractivity contribution is 4.86. The van der Waals surface area contributed by atoms with Gasteiger partial charge in [-0.15, -0.1) is 0 Å². The van der Waals surface area contributed by atoms with E-state index in [1.165, 1.54) is 12.8 Å². The van der Waals surface area contributed by atoms with Gasteiger partial charge in [0.25, 0.3) is 0 Å². The van der Waals surface area contributed by atoms with Crippen molar-refractivity contribution in [3.05, 3.63) is 36.4 Å². The molecule has 0 saturated carbocycles. The zero-order valence-corrected chi connectivity index (χ0v) is 12.4. The number of H-pyrrole nitrogens is 2. The number of nitrogens with one attached hydrogen (secondary N) is 5. The van der Waals surface area contributed by atoms with Gasteiger partial charge < -0.3 is 25.9 Å². The molecule has 116 valence electrons. The Balaban J connectivity index is 1.31. The van der Waals surface area contributed by atoms with Crippen LogP contribution in [0.2, 0.25) is 0 Å². The summed E-state index contributed by atoms with van der Waals surface area (Å²) in [4.78, 5) is 14.5. The third-order valence-corrected chi connectivity index (χ3v) is 3.13. The molecule has 21 heavy (non-hydrogen) atoms. The van der Waals surface area contributed by atoms with Gasteiger partial charge in [-0.1, -0.05) is 0 Å². The first-order chi connectivity index (χ1) is 10.4. The van der Waals surface area contributed by atoms with Crippen molar-refractivity contribution in [3.8, 4) is 0 Å². The summed E-state index contributed by atoms with van der Waals surface area (Å²) in [5.74, 6) is 1.98. The standard InChI is InChI=1S/C14H25N7/c1(2-4-16-11-13-18-7-8-19-13)3-15-5-6-17-12-14-20-9-10-21-14/h7-10,15-17H,1-6,11-12H2,(H,18,19)(H,20,21). The quantitative estimate of drug-likeness (QED) is 0.365. The highest BCUT2D eigenvalue weighted by Gasteiger charge is 1.95. The maximum absolute atomic E-state index is 4.17. The highest BCUT2D eigenvalue weighted by atomic mass is 15.0. The van der Waals surface area contributed by atoms with Crippen LogP contribution in [0.3, 0.4) is 0 Å². The second kappa shape index (κ2) is 10.1. The van der Waals surface area contributed by atoms with Crippen molar-refractivity contribution in [2.45, 2.75) is 25.9 Å². The second-order valence-corrected chi connectivity index (χ2v) is 4.88. The molecule has 2 aromatic rings. The minimum absolute atomic E-state index is 0.797. The molecule has 2 rings (SSSR count). The molecule has 0 bridgehead atoms. The molecule has 0 aliphatic rings. The molecular weight excluding hydrogens is 266 g/mol. The van der Waals surface area contributed by atoms with E-state index in [2.05, 4.69) is 35.9 Å². The maximum atomic E-state index is 4.17. The lowest BCUT2D eigenvalue weighted by Gasteiger charge is -2.06. The van der Waals surface area contributed by atoms with E-state index < -0.39 is 0 Å². The third-order valence-electron chi connectivity index (χ3n) is 3.13. The summed E-state index contributed by atoms with van der Waals surface area (Å²) in [5.41, 5.74) is 0. The van der Waals surface area contributed by atoms with E-state index in [1.807, 2.05) is 12.4 Å². The monoisotopic (exact) mass is 291 g/mol. The molecule has 7 nitrogen and oxygen atoms in total. The highest BCUT2D eigenvalue weighted by Crippen LogP contribution is 1.89. The molecule has 0 spiro atoms. The SMILES string of the molecule is c1c[nH]c(CNCCCCNCCNCc2ncc[nH]2)n1. The molecule has 0 saturated heterocycles. The van der Waals surface area contributed by atoms with E-state index in [-0.39, 0.29) is 0 Å². The van der Waals surface area contributed by atoms with Crippen molar-refractivity contribution in [2.24, 2.45) is 0 Å². The van der Waals surface area contributed by atoms with Crippen LogP contribution < -0.4 is 16.0 Å². The fourth-order valence-electron chi connectivity index (χ4n) is 2.00. The molecule has 0 aliphatic heterocycles. The fraction of sp³-hybridized carbons (Fsp3) is 0.571. The third kappa shape index (κ3) is 7.03. The molecule has 0 amide bonds. The largest absolute Gasteiger partial charge is 0.348 e. The van der Waals surface area contributed by atoms with Crippen LogP contribution in [0.5, 0.6) is 0 Å². The van der Waals surface area contributed by atoms with Gasteiger partial charge in [0.2, 0.25) is 0 Å². The van der Waals surface area contributed by atoms with Gasteiger partial charge in [0, 0.05) is 37.9 Å². The summed E-state index contributed by atoms with van der Waals surface area (Å²) in [7, 11) is 0. The summed E-state index contributed by atoms with van der Waals surface area (Å²) in [6.45, 7) is 5.64. The van der Waals surface area contributed by atoms with Crippen LogP contribution in [0.25, 0.3) is 0 Å². The van der Waals surface area contributed by atoms with Crippen molar-refractivity contribution in [1.82, 2.24) is 35.9 Å². The average Bonchev–Trinajstić information content (AvgIpc) is 3.18. The minimum Gasteiger partial charge on any atom is -0.348 e. The zero-order valence-electron chi connectivity index (χ0n) is 12.4. The van der Waals surface area contributed by atoms with Gasteiger partial charge in [-0.3, -0.25) is 0 Å². The Bertz CT molecular complexity index is 396. The molecule has 2 heterocycles. The van der Waals surface area contributed by atoms with Crippen LogP contribution in [-0.2, 0) is 13.1 Å². The molecule has 0 fully saturated rings. The van der Waals surface area contributed by atoms with E-state index in [0.29, 0.717) is 0 Å². The molecule has 0 unspecified atom stereocenters. The Kier molecular flexibility index (Phi) is 7.53. The number of rotatable bonds is 12. The first kappa shape index (κ1) is 15.7. The molecular formula is C14H25N7. The zero-order chi connectivity index (χ0) is 14.6. The van der Waals surface area contributed by atoms with Gasteiger partial charge in [0.1, 0.15) is 11.6 Å². The predicted molar refractivity (Wildman–Crippen MR) is 82.7 cm³/mol. The first-order valence-corrected chi connectivity index (χ1v) is 7.54. The normalized spacial score (nSPS) is 11.0. The number of nitrogens with zero attached hydrogens (tertiary/aromatic N) is 2. The Morgan fingerprint density at radius 2 is 1.24 bits per heavy atom. The molecule has 0 atom stereocenters.